The minimum Gasteiger partial charge on any atom is -0.462 e. The highest BCUT2D eigenvalue weighted by atomic mass is 19.4. The van der Waals surface area contributed by atoms with Crippen LogP contribution in [0.5, 0.6) is 11.6 Å². The second-order valence-corrected chi connectivity index (χ2v) is 6.52. The Labute approximate surface area is 170 Å². The second-order valence-electron chi connectivity index (χ2n) is 6.52. The van der Waals surface area contributed by atoms with Crippen molar-refractivity contribution < 1.29 is 27.4 Å². The Kier molecular flexibility index (Phi) is 5.77. The van der Waals surface area contributed by atoms with Crippen molar-refractivity contribution in [1.29, 1.82) is 0 Å². The number of aromatic nitrogens is 4. The maximum absolute atomic E-state index is 13.7. The fourth-order valence-corrected chi connectivity index (χ4v) is 2.77. The van der Waals surface area contributed by atoms with Gasteiger partial charge in [-0.2, -0.15) is 23.3 Å². The van der Waals surface area contributed by atoms with E-state index in [-0.39, 0.29) is 24.1 Å². The van der Waals surface area contributed by atoms with E-state index in [1.165, 1.54) is 19.9 Å². The van der Waals surface area contributed by atoms with Crippen molar-refractivity contribution >= 4 is 5.97 Å². The molecule has 30 heavy (non-hydrogen) atoms. The van der Waals surface area contributed by atoms with Crippen LogP contribution in [-0.4, -0.2) is 32.3 Å². The standard InChI is InChI=1S/C20H19F3N4O3/c1-5-29-19(28)14-10-24-27(18(14)20(21,22)23)16-9-17(26-13(4)25-16)30-15-8-11(2)6-7-12(15)3/h6-10H,5H2,1-4H3. The van der Waals surface area contributed by atoms with E-state index >= 15 is 0 Å². The molecular formula is C20H19F3N4O3. The molecule has 0 aliphatic carbocycles. The highest BCUT2D eigenvalue weighted by Crippen LogP contribution is 2.34. The predicted octanol–water partition coefficient (Wildman–Crippen LogP) is 4.58. The Hall–Kier alpha value is -3.43. The van der Waals surface area contributed by atoms with Crippen molar-refractivity contribution in [2.75, 3.05) is 6.61 Å². The summed E-state index contributed by atoms with van der Waals surface area (Å²) in [6, 6.07) is 6.79. The molecule has 3 rings (SSSR count). The monoisotopic (exact) mass is 420 g/mol. The third kappa shape index (κ3) is 4.42. The molecule has 0 amide bonds. The Bertz CT molecular complexity index is 1090. The zero-order chi connectivity index (χ0) is 22.1. The summed E-state index contributed by atoms with van der Waals surface area (Å²) in [5, 5.41) is 3.73. The Balaban J connectivity index is 2.09. The number of hydrogen-bond donors (Lipinski definition) is 0. The second kappa shape index (κ2) is 8.13. The topological polar surface area (TPSA) is 79.1 Å². The number of benzene rings is 1. The first-order chi connectivity index (χ1) is 14.1. The van der Waals surface area contributed by atoms with E-state index in [9.17, 15) is 18.0 Å². The summed E-state index contributed by atoms with van der Waals surface area (Å²) in [5.41, 5.74) is -0.195. The van der Waals surface area contributed by atoms with Gasteiger partial charge < -0.3 is 9.47 Å². The summed E-state index contributed by atoms with van der Waals surface area (Å²) in [6.07, 6.45) is -4.06. The van der Waals surface area contributed by atoms with E-state index in [0.717, 1.165) is 17.3 Å². The van der Waals surface area contributed by atoms with Crippen molar-refractivity contribution in [3.8, 4) is 17.4 Å². The average molecular weight is 420 g/mol. The zero-order valence-electron chi connectivity index (χ0n) is 16.7. The molecule has 0 atom stereocenters. The molecular weight excluding hydrogens is 401 g/mol. The van der Waals surface area contributed by atoms with E-state index < -0.39 is 23.4 Å². The third-order valence-corrected chi connectivity index (χ3v) is 4.11. The molecule has 7 nitrogen and oxygen atoms in total. The number of carbonyl (C=O) groups is 1. The van der Waals surface area contributed by atoms with Gasteiger partial charge in [0.15, 0.2) is 11.5 Å². The van der Waals surface area contributed by atoms with Crippen LogP contribution in [0.3, 0.4) is 0 Å². The number of hydrogen-bond acceptors (Lipinski definition) is 6. The molecule has 2 heterocycles. The molecule has 2 aromatic heterocycles. The van der Waals surface area contributed by atoms with Gasteiger partial charge in [-0.05, 0) is 44.9 Å². The van der Waals surface area contributed by atoms with Gasteiger partial charge in [-0.3, -0.25) is 0 Å². The van der Waals surface area contributed by atoms with Gasteiger partial charge in [0.2, 0.25) is 5.88 Å². The van der Waals surface area contributed by atoms with Crippen LogP contribution in [0.2, 0.25) is 0 Å². The van der Waals surface area contributed by atoms with Crippen molar-refractivity contribution in [2.45, 2.75) is 33.9 Å². The van der Waals surface area contributed by atoms with Crippen LogP contribution in [0, 0.1) is 20.8 Å². The summed E-state index contributed by atoms with van der Waals surface area (Å²) in [5.74, 6) is -0.566. The molecule has 0 aliphatic rings. The lowest BCUT2D eigenvalue weighted by Crippen LogP contribution is -2.19. The first kappa shape index (κ1) is 21.3. The fraction of sp³-hybridized carbons (Fsp3) is 0.300. The number of ether oxygens (including phenoxy) is 2. The smallest absolute Gasteiger partial charge is 0.434 e. The quantitative estimate of drug-likeness (QED) is 0.563. The maximum atomic E-state index is 13.7. The zero-order valence-corrected chi connectivity index (χ0v) is 16.7. The Morgan fingerprint density at radius 1 is 1.13 bits per heavy atom. The number of nitrogens with zero attached hydrogens (tertiary/aromatic N) is 4. The third-order valence-electron chi connectivity index (χ3n) is 4.11. The van der Waals surface area contributed by atoms with Crippen molar-refractivity contribution in [3.05, 3.63) is 58.7 Å². The van der Waals surface area contributed by atoms with Gasteiger partial charge in [-0.15, -0.1) is 0 Å². The van der Waals surface area contributed by atoms with Gasteiger partial charge in [-0.1, -0.05) is 12.1 Å². The van der Waals surface area contributed by atoms with Gasteiger partial charge in [0, 0.05) is 6.07 Å². The number of aryl methyl sites for hydroxylation is 3. The number of esters is 1. The van der Waals surface area contributed by atoms with E-state index in [4.69, 9.17) is 9.47 Å². The van der Waals surface area contributed by atoms with Crippen LogP contribution in [-0.2, 0) is 10.9 Å². The molecule has 0 fully saturated rings. The first-order valence-corrected chi connectivity index (χ1v) is 9.03. The van der Waals surface area contributed by atoms with Crippen LogP contribution >= 0.6 is 0 Å². The van der Waals surface area contributed by atoms with Crippen molar-refractivity contribution in [2.24, 2.45) is 0 Å². The minimum atomic E-state index is -4.87. The van der Waals surface area contributed by atoms with E-state index in [2.05, 4.69) is 15.1 Å². The molecule has 0 N–H and O–H groups in total. The molecule has 0 aliphatic heterocycles. The molecule has 10 heteroatoms. The van der Waals surface area contributed by atoms with Crippen LogP contribution < -0.4 is 4.74 Å². The lowest BCUT2D eigenvalue weighted by molar-refractivity contribution is -0.143. The molecule has 0 saturated heterocycles. The summed E-state index contributed by atoms with van der Waals surface area (Å²) in [6.45, 7) is 6.67. The average Bonchev–Trinajstić information content (AvgIpc) is 3.10. The number of carbonyl (C=O) groups excluding carboxylic acids is 1. The van der Waals surface area contributed by atoms with E-state index in [1.807, 2.05) is 26.0 Å². The van der Waals surface area contributed by atoms with Gasteiger partial charge in [0.1, 0.15) is 17.1 Å². The largest absolute Gasteiger partial charge is 0.462 e. The van der Waals surface area contributed by atoms with Crippen LogP contribution in [0.1, 0.15) is 39.9 Å². The molecule has 0 bridgehead atoms. The lowest BCUT2D eigenvalue weighted by Gasteiger charge is -2.14. The predicted molar refractivity (Wildman–Crippen MR) is 101 cm³/mol. The summed E-state index contributed by atoms with van der Waals surface area (Å²) in [7, 11) is 0. The molecule has 158 valence electrons. The first-order valence-electron chi connectivity index (χ1n) is 9.03. The van der Waals surface area contributed by atoms with Crippen LogP contribution in [0.15, 0.2) is 30.5 Å². The molecule has 0 spiro atoms. The van der Waals surface area contributed by atoms with Gasteiger partial charge in [0.05, 0.1) is 12.8 Å². The molecule has 0 saturated carbocycles. The number of rotatable bonds is 5. The van der Waals surface area contributed by atoms with E-state index in [1.54, 1.807) is 6.07 Å². The highest BCUT2D eigenvalue weighted by molar-refractivity contribution is 5.90. The summed E-state index contributed by atoms with van der Waals surface area (Å²) in [4.78, 5) is 20.1. The normalized spacial score (nSPS) is 11.4. The Morgan fingerprint density at radius 3 is 2.53 bits per heavy atom. The highest BCUT2D eigenvalue weighted by Gasteiger charge is 2.41. The molecule has 1 aromatic carbocycles. The van der Waals surface area contributed by atoms with E-state index in [0.29, 0.717) is 10.4 Å². The van der Waals surface area contributed by atoms with Crippen molar-refractivity contribution in [3.63, 3.8) is 0 Å². The molecule has 3 aromatic rings. The summed E-state index contributed by atoms with van der Waals surface area (Å²) < 4.78 is 52.2. The fourth-order valence-electron chi connectivity index (χ4n) is 2.77. The SMILES string of the molecule is CCOC(=O)c1cnn(-c2cc(Oc3cc(C)ccc3C)nc(C)n2)c1C(F)(F)F. The summed E-state index contributed by atoms with van der Waals surface area (Å²) >= 11 is 0. The van der Waals surface area contributed by atoms with Gasteiger partial charge in [0.25, 0.3) is 0 Å². The van der Waals surface area contributed by atoms with Crippen LogP contribution in [0.25, 0.3) is 5.82 Å². The van der Waals surface area contributed by atoms with Gasteiger partial charge in [-0.25, -0.2) is 14.5 Å². The number of alkyl halides is 3. The minimum absolute atomic E-state index is 0.0486. The number of halogens is 3. The van der Waals surface area contributed by atoms with Crippen molar-refractivity contribution in [1.82, 2.24) is 19.7 Å². The maximum Gasteiger partial charge on any atom is 0.434 e. The van der Waals surface area contributed by atoms with Crippen LogP contribution in [0.4, 0.5) is 13.2 Å². The molecule has 0 radical (unpaired) electrons. The van der Waals surface area contributed by atoms with Gasteiger partial charge >= 0.3 is 12.1 Å². The lowest BCUT2D eigenvalue weighted by atomic mass is 10.1. The Morgan fingerprint density at radius 2 is 1.87 bits per heavy atom. The molecule has 0 unspecified atom stereocenters.